The molecular weight excluding hydrogens is 448 g/mol. The van der Waals surface area contributed by atoms with Gasteiger partial charge in [-0.1, -0.05) is 11.8 Å². The van der Waals surface area contributed by atoms with E-state index >= 15 is 0 Å². The number of rotatable bonds is 7. The maximum absolute atomic E-state index is 12.7. The van der Waals surface area contributed by atoms with Gasteiger partial charge in [-0.05, 0) is 68.7 Å². The van der Waals surface area contributed by atoms with Crippen LogP contribution < -0.4 is 19.7 Å². The largest absolute Gasteiger partial charge is 0.486 e. The van der Waals surface area contributed by atoms with Crippen LogP contribution in [0.1, 0.15) is 25.3 Å². The maximum Gasteiger partial charge on any atom is 0.234 e. The summed E-state index contributed by atoms with van der Waals surface area (Å²) >= 11 is 1.45. The number of hydrogen-bond acceptors (Lipinski definition) is 6. The molecule has 0 bridgehead atoms. The number of fused-ring (bicyclic) bond motifs is 1. The normalized spacial score (nSPS) is 14.9. The fourth-order valence-corrected chi connectivity index (χ4v) is 5.33. The summed E-state index contributed by atoms with van der Waals surface area (Å²) in [6.07, 6.45) is 4.35. The minimum atomic E-state index is -0.0337. The molecule has 1 saturated heterocycles. The predicted octanol–water partition coefficient (Wildman–Crippen LogP) is 4.98. The molecule has 2 aliphatic heterocycles. The summed E-state index contributed by atoms with van der Waals surface area (Å²) in [6, 6.07) is 12.2. The monoisotopic (exact) mass is 478 g/mol. The average Bonchev–Trinajstić information content (AvgIpc) is 3.54. The lowest BCUT2D eigenvalue weighted by Gasteiger charge is -2.19. The molecule has 5 rings (SSSR count). The number of carbonyl (C=O) groups excluding carboxylic acids is 1. The fourth-order valence-electron chi connectivity index (χ4n) is 4.49. The van der Waals surface area contributed by atoms with Crippen LogP contribution in [0.3, 0.4) is 0 Å². The average molecular weight is 479 g/mol. The minimum absolute atomic E-state index is 0.0337. The smallest absolute Gasteiger partial charge is 0.234 e. The summed E-state index contributed by atoms with van der Waals surface area (Å²) in [5.74, 6) is 1.79. The molecule has 2 aliphatic rings. The minimum Gasteiger partial charge on any atom is -0.486 e. The van der Waals surface area contributed by atoms with Gasteiger partial charge in [-0.2, -0.15) is 0 Å². The van der Waals surface area contributed by atoms with E-state index in [1.165, 1.54) is 30.3 Å². The SMILES string of the molecule is CCn1c(-c2ccc3c(c2)OCCO3)cnc1SCC(=O)Nc1ccc(N2CCCC2)cc1C. The van der Waals surface area contributed by atoms with E-state index in [-0.39, 0.29) is 5.91 Å². The Labute approximate surface area is 204 Å². The molecule has 178 valence electrons. The first kappa shape index (κ1) is 22.7. The number of nitrogens with one attached hydrogen (secondary N) is 1. The van der Waals surface area contributed by atoms with Crippen molar-refractivity contribution in [2.75, 3.05) is 42.3 Å². The first-order chi connectivity index (χ1) is 16.6. The molecule has 8 heteroatoms. The van der Waals surface area contributed by atoms with Crippen LogP contribution in [-0.2, 0) is 11.3 Å². The van der Waals surface area contributed by atoms with Gasteiger partial charge < -0.3 is 24.3 Å². The third-order valence-electron chi connectivity index (χ3n) is 6.26. The highest BCUT2D eigenvalue weighted by molar-refractivity contribution is 7.99. The van der Waals surface area contributed by atoms with E-state index in [0.29, 0.717) is 19.0 Å². The quantitative estimate of drug-likeness (QED) is 0.483. The summed E-state index contributed by atoms with van der Waals surface area (Å²) in [5.41, 5.74) is 5.20. The Morgan fingerprint density at radius 1 is 1.09 bits per heavy atom. The summed E-state index contributed by atoms with van der Waals surface area (Å²) in [6.45, 7) is 8.24. The zero-order valence-corrected chi connectivity index (χ0v) is 20.5. The summed E-state index contributed by atoms with van der Waals surface area (Å²) in [7, 11) is 0. The van der Waals surface area contributed by atoms with Crippen LogP contribution in [0.4, 0.5) is 11.4 Å². The molecule has 0 aliphatic carbocycles. The van der Waals surface area contributed by atoms with Crippen LogP contribution >= 0.6 is 11.8 Å². The lowest BCUT2D eigenvalue weighted by molar-refractivity contribution is -0.113. The standard InChI is InChI=1S/C26H30N4O3S/c1-3-30-22(19-6-9-23-24(15-19)33-13-12-32-23)16-27-26(30)34-17-25(31)28-21-8-7-20(14-18(21)2)29-10-4-5-11-29/h6-9,14-16H,3-5,10-13,17H2,1-2H3,(H,28,31). The van der Waals surface area contributed by atoms with Gasteiger partial charge in [-0.25, -0.2) is 4.98 Å². The van der Waals surface area contributed by atoms with E-state index in [9.17, 15) is 4.79 Å². The molecular formula is C26H30N4O3S. The third kappa shape index (κ3) is 4.73. The molecule has 34 heavy (non-hydrogen) atoms. The Bertz CT molecular complexity index is 1190. The van der Waals surface area contributed by atoms with Gasteiger partial charge in [0.15, 0.2) is 16.7 Å². The van der Waals surface area contributed by atoms with Crippen molar-refractivity contribution < 1.29 is 14.3 Å². The zero-order valence-electron chi connectivity index (χ0n) is 19.7. The maximum atomic E-state index is 12.7. The highest BCUT2D eigenvalue weighted by atomic mass is 32.2. The molecule has 3 aromatic rings. The number of amides is 1. The van der Waals surface area contributed by atoms with Gasteiger partial charge in [0.1, 0.15) is 13.2 Å². The van der Waals surface area contributed by atoms with Crippen LogP contribution in [-0.4, -0.2) is 47.5 Å². The number of aryl methyl sites for hydroxylation is 1. The number of thioether (sulfide) groups is 1. The van der Waals surface area contributed by atoms with E-state index in [1.807, 2.05) is 37.4 Å². The van der Waals surface area contributed by atoms with Crippen molar-refractivity contribution in [2.24, 2.45) is 0 Å². The number of benzene rings is 2. The molecule has 0 atom stereocenters. The van der Waals surface area contributed by atoms with Gasteiger partial charge in [0.2, 0.25) is 5.91 Å². The van der Waals surface area contributed by atoms with Crippen molar-refractivity contribution in [2.45, 2.75) is 38.4 Å². The number of ether oxygens (including phenoxy) is 2. The molecule has 2 aromatic carbocycles. The van der Waals surface area contributed by atoms with E-state index in [0.717, 1.165) is 58.8 Å². The number of aromatic nitrogens is 2. The number of imidazole rings is 1. The van der Waals surface area contributed by atoms with Gasteiger partial charge in [0, 0.05) is 36.6 Å². The summed E-state index contributed by atoms with van der Waals surface area (Å²) < 4.78 is 13.5. The molecule has 0 saturated carbocycles. The summed E-state index contributed by atoms with van der Waals surface area (Å²) in [4.78, 5) is 19.7. The Balaban J connectivity index is 1.24. The van der Waals surface area contributed by atoms with Crippen LogP contribution in [0.25, 0.3) is 11.3 Å². The van der Waals surface area contributed by atoms with Crippen molar-refractivity contribution in [3.05, 3.63) is 48.2 Å². The molecule has 3 heterocycles. The predicted molar refractivity (Wildman–Crippen MR) is 136 cm³/mol. The third-order valence-corrected chi connectivity index (χ3v) is 7.25. The van der Waals surface area contributed by atoms with Gasteiger partial charge in [0.25, 0.3) is 0 Å². The molecule has 7 nitrogen and oxygen atoms in total. The van der Waals surface area contributed by atoms with E-state index in [2.05, 4.69) is 38.8 Å². The second kappa shape index (κ2) is 10.0. The molecule has 0 radical (unpaired) electrons. The van der Waals surface area contributed by atoms with Gasteiger partial charge in [0.05, 0.1) is 17.6 Å². The Kier molecular flexibility index (Phi) is 6.67. The van der Waals surface area contributed by atoms with Crippen molar-refractivity contribution >= 4 is 29.0 Å². The van der Waals surface area contributed by atoms with Gasteiger partial charge in [-0.3, -0.25) is 4.79 Å². The fraction of sp³-hybridized carbons (Fsp3) is 0.385. The van der Waals surface area contributed by atoms with Crippen LogP contribution in [0.5, 0.6) is 11.5 Å². The molecule has 1 aromatic heterocycles. The topological polar surface area (TPSA) is 68.6 Å². The molecule has 0 unspecified atom stereocenters. The lowest BCUT2D eigenvalue weighted by atomic mass is 10.1. The zero-order chi connectivity index (χ0) is 23.5. The molecule has 1 fully saturated rings. The molecule has 1 N–H and O–H groups in total. The van der Waals surface area contributed by atoms with Crippen LogP contribution in [0.2, 0.25) is 0 Å². The Morgan fingerprint density at radius 2 is 1.88 bits per heavy atom. The van der Waals surface area contributed by atoms with Gasteiger partial charge >= 0.3 is 0 Å². The number of carbonyl (C=O) groups is 1. The van der Waals surface area contributed by atoms with Crippen LogP contribution in [0.15, 0.2) is 47.8 Å². The summed E-state index contributed by atoms with van der Waals surface area (Å²) in [5, 5.41) is 3.89. The Morgan fingerprint density at radius 3 is 2.65 bits per heavy atom. The highest BCUT2D eigenvalue weighted by Gasteiger charge is 2.18. The lowest BCUT2D eigenvalue weighted by Crippen LogP contribution is -2.18. The Hall–Kier alpha value is -3.13. The molecule has 0 spiro atoms. The first-order valence-electron chi connectivity index (χ1n) is 11.9. The highest BCUT2D eigenvalue weighted by Crippen LogP contribution is 2.35. The second-order valence-corrected chi connectivity index (χ2v) is 9.50. The number of nitrogens with zero attached hydrogens (tertiary/aromatic N) is 3. The number of anilines is 2. The van der Waals surface area contributed by atoms with Crippen molar-refractivity contribution in [3.8, 4) is 22.8 Å². The van der Waals surface area contributed by atoms with E-state index < -0.39 is 0 Å². The van der Waals surface area contributed by atoms with E-state index in [4.69, 9.17) is 9.47 Å². The van der Waals surface area contributed by atoms with E-state index in [1.54, 1.807) is 0 Å². The number of hydrogen-bond donors (Lipinski definition) is 1. The van der Waals surface area contributed by atoms with Crippen molar-refractivity contribution in [1.82, 2.24) is 9.55 Å². The van der Waals surface area contributed by atoms with Gasteiger partial charge in [-0.15, -0.1) is 0 Å². The molecule has 1 amide bonds. The second-order valence-electron chi connectivity index (χ2n) is 8.56. The first-order valence-corrected chi connectivity index (χ1v) is 12.8. The van der Waals surface area contributed by atoms with Crippen molar-refractivity contribution in [1.29, 1.82) is 0 Å². The van der Waals surface area contributed by atoms with Crippen LogP contribution in [0, 0.1) is 6.92 Å². The van der Waals surface area contributed by atoms with Crippen molar-refractivity contribution in [3.63, 3.8) is 0 Å².